The maximum atomic E-state index is 12.0. The maximum absolute atomic E-state index is 12.0. The number of nitrogens with two attached hydrogens (primary N) is 1. The van der Waals surface area contributed by atoms with Crippen molar-refractivity contribution in [2.45, 2.75) is 25.1 Å². The highest BCUT2D eigenvalue weighted by Crippen LogP contribution is 2.26. The Hall–Kier alpha value is -1.50. The van der Waals surface area contributed by atoms with Crippen LogP contribution in [0.15, 0.2) is 21.3 Å². The summed E-state index contributed by atoms with van der Waals surface area (Å²) in [6, 6.07) is 1.40. The standard InChI is InChI=1S/C10H12F3NO3/c1-16-6-4-8(17-9(15)5-6)7(14)2-3-10(11,12)13/h4-5,7H,2-3,14H2,1H3. The Bertz CT molecular complexity index is 428. The lowest BCUT2D eigenvalue weighted by atomic mass is 10.1. The van der Waals surface area contributed by atoms with Crippen molar-refractivity contribution >= 4 is 0 Å². The molecule has 7 heteroatoms. The number of hydrogen-bond acceptors (Lipinski definition) is 4. The summed E-state index contributed by atoms with van der Waals surface area (Å²) < 4.78 is 45.5. The molecular weight excluding hydrogens is 239 g/mol. The molecule has 1 heterocycles. The minimum Gasteiger partial charge on any atom is -0.496 e. The topological polar surface area (TPSA) is 65.5 Å². The summed E-state index contributed by atoms with van der Waals surface area (Å²) in [5.41, 5.74) is 4.80. The van der Waals surface area contributed by atoms with E-state index in [1.165, 1.54) is 13.2 Å². The second kappa shape index (κ2) is 5.22. The van der Waals surface area contributed by atoms with Crippen molar-refractivity contribution in [3.8, 4) is 5.75 Å². The molecule has 0 aromatic carbocycles. The predicted molar refractivity (Wildman–Crippen MR) is 53.7 cm³/mol. The van der Waals surface area contributed by atoms with Gasteiger partial charge >= 0.3 is 11.8 Å². The lowest BCUT2D eigenvalue weighted by Gasteiger charge is -2.12. The third kappa shape index (κ3) is 4.48. The minimum atomic E-state index is -4.28. The van der Waals surface area contributed by atoms with Crippen molar-refractivity contribution in [1.29, 1.82) is 0 Å². The zero-order chi connectivity index (χ0) is 13.1. The molecule has 0 spiro atoms. The van der Waals surface area contributed by atoms with Gasteiger partial charge in [-0.3, -0.25) is 0 Å². The third-order valence-electron chi connectivity index (χ3n) is 2.10. The molecule has 2 N–H and O–H groups in total. The summed E-state index contributed by atoms with van der Waals surface area (Å²) in [6.45, 7) is 0. The lowest BCUT2D eigenvalue weighted by molar-refractivity contribution is -0.136. The molecule has 1 atom stereocenters. The maximum Gasteiger partial charge on any atom is 0.389 e. The fourth-order valence-corrected chi connectivity index (χ4v) is 1.24. The van der Waals surface area contributed by atoms with Gasteiger partial charge in [-0.1, -0.05) is 0 Å². The number of alkyl halides is 3. The zero-order valence-corrected chi connectivity index (χ0v) is 9.08. The second-order valence-corrected chi connectivity index (χ2v) is 3.48. The van der Waals surface area contributed by atoms with Crippen LogP contribution in [0.3, 0.4) is 0 Å². The van der Waals surface area contributed by atoms with Gasteiger partial charge in [-0.15, -0.1) is 0 Å². The van der Waals surface area contributed by atoms with E-state index in [1.54, 1.807) is 0 Å². The van der Waals surface area contributed by atoms with E-state index in [0.717, 1.165) is 6.07 Å². The Morgan fingerprint density at radius 1 is 1.47 bits per heavy atom. The molecule has 0 saturated heterocycles. The molecule has 0 amide bonds. The van der Waals surface area contributed by atoms with E-state index in [2.05, 4.69) is 0 Å². The van der Waals surface area contributed by atoms with E-state index in [1.807, 2.05) is 0 Å². The molecule has 4 nitrogen and oxygen atoms in total. The quantitative estimate of drug-likeness (QED) is 0.888. The molecule has 0 aliphatic rings. The molecule has 0 fully saturated rings. The highest BCUT2D eigenvalue weighted by Gasteiger charge is 2.28. The molecule has 17 heavy (non-hydrogen) atoms. The number of hydrogen-bond donors (Lipinski definition) is 1. The predicted octanol–water partition coefficient (Wildman–Crippen LogP) is 1.99. The minimum absolute atomic E-state index is 0.0152. The van der Waals surface area contributed by atoms with Gasteiger partial charge < -0.3 is 14.9 Å². The summed E-state index contributed by atoms with van der Waals surface area (Å²) in [6.07, 6.45) is -5.66. The van der Waals surface area contributed by atoms with Crippen molar-refractivity contribution in [2.24, 2.45) is 5.73 Å². The highest BCUT2D eigenvalue weighted by atomic mass is 19.4. The van der Waals surface area contributed by atoms with Crippen LogP contribution in [0.4, 0.5) is 13.2 Å². The molecule has 1 aromatic rings. The summed E-state index contributed by atoms with van der Waals surface area (Å²) in [4.78, 5) is 11.1. The lowest BCUT2D eigenvalue weighted by Crippen LogP contribution is -2.17. The summed E-state index contributed by atoms with van der Waals surface area (Å²) in [7, 11) is 1.33. The van der Waals surface area contributed by atoms with Crippen LogP contribution in [-0.2, 0) is 0 Å². The van der Waals surface area contributed by atoms with E-state index in [-0.39, 0.29) is 17.9 Å². The van der Waals surface area contributed by atoms with E-state index in [0.29, 0.717) is 0 Å². The molecule has 1 aromatic heterocycles. The van der Waals surface area contributed by atoms with Crippen molar-refractivity contribution in [1.82, 2.24) is 0 Å². The van der Waals surface area contributed by atoms with Gasteiger partial charge in [-0.2, -0.15) is 13.2 Å². The van der Waals surface area contributed by atoms with Crippen molar-refractivity contribution in [2.75, 3.05) is 7.11 Å². The van der Waals surface area contributed by atoms with E-state index >= 15 is 0 Å². The van der Waals surface area contributed by atoms with Crippen LogP contribution < -0.4 is 16.1 Å². The van der Waals surface area contributed by atoms with Gasteiger partial charge in [0.25, 0.3) is 0 Å². The van der Waals surface area contributed by atoms with Crippen molar-refractivity contribution in [3.05, 3.63) is 28.3 Å². The molecule has 1 unspecified atom stereocenters. The van der Waals surface area contributed by atoms with Crippen LogP contribution in [0.5, 0.6) is 5.75 Å². The van der Waals surface area contributed by atoms with Crippen molar-refractivity contribution in [3.63, 3.8) is 0 Å². The first-order valence-corrected chi connectivity index (χ1v) is 4.83. The first-order chi connectivity index (χ1) is 7.81. The largest absolute Gasteiger partial charge is 0.496 e. The van der Waals surface area contributed by atoms with Crippen LogP contribution in [0.25, 0.3) is 0 Å². The van der Waals surface area contributed by atoms with Crippen LogP contribution in [-0.4, -0.2) is 13.3 Å². The molecule has 0 bridgehead atoms. The van der Waals surface area contributed by atoms with Crippen LogP contribution in [0.2, 0.25) is 0 Å². The number of halogens is 3. The van der Waals surface area contributed by atoms with Gasteiger partial charge in [0.2, 0.25) is 0 Å². The van der Waals surface area contributed by atoms with Crippen LogP contribution >= 0.6 is 0 Å². The van der Waals surface area contributed by atoms with Gasteiger partial charge in [-0.05, 0) is 6.42 Å². The Kier molecular flexibility index (Phi) is 4.17. The normalized spacial score (nSPS) is 13.5. The van der Waals surface area contributed by atoms with E-state index in [4.69, 9.17) is 14.9 Å². The fraction of sp³-hybridized carbons (Fsp3) is 0.500. The summed E-state index contributed by atoms with van der Waals surface area (Å²) >= 11 is 0. The second-order valence-electron chi connectivity index (χ2n) is 3.48. The number of ether oxygens (including phenoxy) is 1. The van der Waals surface area contributed by atoms with Gasteiger partial charge in [0.15, 0.2) is 0 Å². The Balaban J connectivity index is 2.78. The molecule has 0 saturated carbocycles. The number of rotatable bonds is 4. The van der Waals surface area contributed by atoms with E-state index in [9.17, 15) is 18.0 Å². The molecule has 0 aliphatic heterocycles. The van der Waals surface area contributed by atoms with E-state index < -0.39 is 24.3 Å². The summed E-state index contributed by atoms with van der Waals surface area (Å²) in [5, 5.41) is 0. The smallest absolute Gasteiger partial charge is 0.389 e. The van der Waals surface area contributed by atoms with Gasteiger partial charge in [0.1, 0.15) is 11.5 Å². The Labute approximate surface area is 95.2 Å². The molecule has 0 radical (unpaired) electrons. The first-order valence-electron chi connectivity index (χ1n) is 4.83. The van der Waals surface area contributed by atoms with Crippen molar-refractivity contribution < 1.29 is 22.3 Å². The van der Waals surface area contributed by atoms with Gasteiger partial charge in [-0.25, -0.2) is 4.79 Å². The Morgan fingerprint density at radius 2 is 2.12 bits per heavy atom. The Morgan fingerprint density at radius 3 is 2.65 bits per heavy atom. The summed E-state index contributed by atoms with van der Waals surface area (Å²) in [5.74, 6) is 0.192. The third-order valence-corrected chi connectivity index (χ3v) is 2.10. The molecular formula is C10H12F3NO3. The number of methoxy groups -OCH3 is 1. The molecule has 1 rings (SSSR count). The monoisotopic (exact) mass is 251 g/mol. The average Bonchev–Trinajstić information content (AvgIpc) is 2.23. The SMILES string of the molecule is COc1cc(C(N)CCC(F)(F)F)oc(=O)c1. The molecule has 0 aliphatic carbocycles. The molecule has 96 valence electrons. The first kappa shape index (κ1) is 13.6. The zero-order valence-electron chi connectivity index (χ0n) is 9.08. The highest BCUT2D eigenvalue weighted by molar-refractivity contribution is 5.21. The van der Waals surface area contributed by atoms with Crippen LogP contribution in [0.1, 0.15) is 24.6 Å². The van der Waals surface area contributed by atoms with Gasteiger partial charge in [0, 0.05) is 12.5 Å². The van der Waals surface area contributed by atoms with Gasteiger partial charge in [0.05, 0.1) is 19.2 Å². The fourth-order valence-electron chi connectivity index (χ4n) is 1.24. The van der Waals surface area contributed by atoms with Crippen LogP contribution in [0, 0.1) is 0 Å². The average molecular weight is 251 g/mol.